The molecule has 150 valence electrons. The smallest absolute Gasteiger partial charge is 0.325 e. The number of carbonyl (C=O) groups excluding carboxylic acids is 3. The first-order valence-corrected chi connectivity index (χ1v) is 9.69. The van der Waals surface area contributed by atoms with Crippen molar-refractivity contribution >= 4 is 29.4 Å². The highest BCUT2D eigenvalue weighted by Crippen LogP contribution is 2.31. The van der Waals surface area contributed by atoms with Gasteiger partial charge in [0.05, 0.1) is 6.54 Å². The van der Waals surface area contributed by atoms with E-state index in [0.717, 1.165) is 5.56 Å². The number of rotatable bonds is 3. The van der Waals surface area contributed by atoms with E-state index in [4.69, 9.17) is 11.6 Å². The summed E-state index contributed by atoms with van der Waals surface area (Å²) in [5.74, 6) is -0.889. The number of urea groups is 1. The van der Waals surface area contributed by atoms with Gasteiger partial charge < -0.3 is 10.2 Å². The number of halogens is 2. The standard InChI is InChI=1S/C21H19ClFN3O3/c22-16-5-1-14(2-6-16)13-26-19(28)21(24-20(26)29)9-11-25(12-10-21)18(27)15-3-7-17(23)8-4-15/h1-8H,9-13H2,(H,24,29). The molecule has 29 heavy (non-hydrogen) atoms. The average Bonchev–Trinajstić information content (AvgIpc) is 2.94. The van der Waals surface area contributed by atoms with Gasteiger partial charge in [0.25, 0.3) is 11.8 Å². The number of imide groups is 1. The summed E-state index contributed by atoms with van der Waals surface area (Å²) < 4.78 is 13.1. The van der Waals surface area contributed by atoms with Crippen LogP contribution in [0.2, 0.25) is 5.02 Å². The zero-order valence-corrected chi connectivity index (χ0v) is 16.3. The summed E-state index contributed by atoms with van der Waals surface area (Å²) in [7, 11) is 0. The van der Waals surface area contributed by atoms with Gasteiger partial charge in [-0.25, -0.2) is 9.18 Å². The van der Waals surface area contributed by atoms with Crippen LogP contribution in [-0.2, 0) is 11.3 Å². The minimum atomic E-state index is -0.983. The second-order valence-electron chi connectivity index (χ2n) is 7.33. The van der Waals surface area contributed by atoms with Gasteiger partial charge in [-0.15, -0.1) is 0 Å². The molecule has 4 rings (SSSR count). The van der Waals surface area contributed by atoms with E-state index in [1.807, 2.05) is 0 Å². The summed E-state index contributed by atoms with van der Waals surface area (Å²) in [5.41, 5.74) is 0.218. The Kier molecular flexibility index (Phi) is 5.00. The molecule has 2 heterocycles. The molecule has 2 aromatic carbocycles. The molecule has 0 unspecified atom stereocenters. The van der Waals surface area contributed by atoms with Crippen LogP contribution in [-0.4, -0.2) is 46.3 Å². The number of nitrogens with zero attached hydrogens (tertiary/aromatic N) is 2. The number of hydrogen-bond donors (Lipinski definition) is 1. The van der Waals surface area contributed by atoms with Crippen molar-refractivity contribution in [3.63, 3.8) is 0 Å². The van der Waals surface area contributed by atoms with Crippen molar-refractivity contribution in [2.75, 3.05) is 13.1 Å². The number of carbonyl (C=O) groups is 3. The molecule has 2 aromatic rings. The highest BCUT2D eigenvalue weighted by Gasteiger charge is 2.52. The lowest BCUT2D eigenvalue weighted by Gasteiger charge is -2.37. The molecule has 0 radical (unpaired) electrons. The minimum absolute atomic E-state index is 0.168. The van der Waals surface area contributed by atoms with E-state index in [-0.39, 0.29) is 18.4 Å². The van der Waals surface area contributed by atoms with Gasteiger partial charge in [0.2, 0.25) is 0 Å². The molecule has 0 bridgehead atoms. The van der Waals surface area contributed by atoms with Gasteiger partial charge in [0.15, 0.2) is 0 Å². The van der Waals surface area contributed by atoms with Crippen LogP contribution >= 0.6 is 11.6 Å². The van der Waals surface area contributed by atoms with Crippen LogP contribution in [0.1, 0.15) is 28.8 Å². The van der Waals surface area contributed by atoms with Gasteiger partial charge in [0.1, 0.15) is 11.4 Å². The first-order chi connectivity index (χ1) is 13.9. The van der Waals surface area contributed by atoms with Gasteiger partial charge in [-0.1, -0.05) is 23.7 Å². The molecule has 2 fully saturated rings. The SMILES string of the molecule is O=C(c1ccc(F)cc1)N1CCC2(CC1)NC(=O)N(Cc1ccc(Cl)cc1)C2=O. The van der Waals surface area contributed by atoms with Gasteiger partial charge in [-0.3, -0.25) is 14.5 Å². The summed E-state index contributed by atoms with van der Waals surface area (Å²) in [6.45, 7) is 0.829. The fourth-order valence-electron chi connectivity index (χ4n) is 3.80. The highest BCUT2D eigenvalue weighted by molar-refractivity contribution is 6.30. The van der Waals surface area contributed by atoms with Crippen molar-refractivity contribution in [1.29, 1.82) is 0 Å². The summed E-state index contributed by atoms with van der Waals surface area (Å²) in [4.78, 5) is 40.9. The number of amides is 4. The number of benzene rings is 2. The van der Waals surface area contributed by atoms with E-state index in [1.54, 1.807) is 29.2 Å². The van der Waals surface area contributed by atoms with Crippen LogP contribution in [0.3, 0.4) is 0 Å². The molecule has 4 amide bonds. The van der Waals surface area contributed by atoms with E-state index >= 15 is 0 Å². The number of likely N-dealkylation sites (tertiary alicyclic amines) is 1. The van der Waals surface area contributed by atoms with E-state index in [2.05, 4.69) is 5.32 Å². The molecule has 1 spiro atoms. The van der Waals surface area contributed by atoms with Crippen LogP contribution < -0.4 is 5.32 Å². The predicted molar refractivity (Wildman–Crippen MR) is 105 cm³/mol. The molecule has 0 saturated carbocycles. The summed E-state index contributed by atoms with van der Waals surface area (Å²) in [6.07, 6.45) is 0.670. The maximum Gasteiger partial charge on any atom is 0.325 e. The van der Waals surface area contributed by atoms with E-state index in [9.17, 15) is 18.8 Å². The molecule has 0 aliphatic carbocycles. The Hall–Kier alpha value is -2.93. The Morgan fingerprint density at radius 2 is 1.66 bits per heavy atom. The third-order valence-corrected chi connectivity index (χ3v) is 5.75. The summed E-state index contributed by atoms with van der Waals surface area (Å²) in [6, 6.07) is 11.9. The molecule has 0 atom stereocenters. The first kappa shape index (κ1) is 19.4. The average molecular weight is 416 g/mol. The second-order valence-corrected chi connectivity index (χ2v) is 7.77. The molecule has 1 N–H and O–H groups in total. The lowest BCUT2D eigenvalue weighted by Crippen LogP contribution is -2.55. The molecular formula is C21H19ClFN3O3. The third kappa shape index (κ3) is 3.70. The largest absolute Gasteiger partial charge is 0.338 e. The number of hydrogen-bond acceptors (Lipinski definition) is 3. The Bertz CT molecular complexity index is 954. The van der Waals surface area contributed by atoms with Crippen molar-refractivity contribution in [3.05, 3.63) is 70.5 Å². The lowest BCUT2D eigenvalue weighted by molar-refractivity contribution is -0.133. The molecule has 2 aliphatic heterocycles. The maximum atomic E-state index is 13.1. The van der Waals surface area contributed by atoms with Crippen LogP contribution in [0, 0.1) is 5.82 Å². The van der Waals surface area contributed by atoms with E-state index in [1.165, 1.54) is 29.2 Å². The molecule has 6 nitrogen and oxygen atoms in total. The normalized spacial score (nSPS) is 18.3. The van der Waals surface area contributed by atoms with Crippen molar-refractivity contribution in [1.82, 2.24) is 15.1 Å². The Morgan fingerprint density at radius 1 is 1.03 bits per heavy atom. The molecule has 8 heteroatoms. The quantitative estimate of drug-likeness (QED) is 0.782. The van der Waals surface area contributed by atoms with Gasteiger partial charge in [-0.2, -0.15) is 0 Å². The van der Waals surface area contributed by atoms with Crippen molar-refractivity contribution < 1.29 is 18.8 Å². The zero-order chi connectivity index (χ0) is 20.6. The Morgan fingerprint density at radius 3 is 2.28 bits per heavy atom. The van der Waals surface area contributed by atoms with Crippen molar-refractivity contribution in [2.24, 2.45) is 0 Å². The van der Waals surface area contributed by atoms with Crippen LogP contribution in [0.4, 0.5) is 9.18 Å². The third-order valence-electron chi connectivity index (χ3n) is 5.50. The first-order valence-electron chi connectivity index (χ1n) is 9.31. The van der Waals surface area contributed by atoms with Gasteiger partial charge in [0, 0.05) is 23.7 Å². The molecule has 2 aliphatic rings. The number of nitrogens with one attached hydrogen (secondary N) is 1. The van der Waals surface area contributed by atoms with Crippen LogP contribution in [0.5, 0.6) is 0 Å². The number of piperidine rings is 1. The summed E-state index contributed by atoms with van der Waals surface area (Å²) in [5, 5.41) is 3.42. The lowest BCUT2D eigenvalue weighted by atomic mass is 9.87. The molecule has 2 saturated heterocycles. The van der Waals surface area contributed by atoms with Crippen LogP contribution in [0.15, 0.2) is 48.5 Å². The topological polar surface area (TPSA) is 69.7 Å². The highest BCUT2D eigenvalue weighted by atomic mass is 35.5. The summed E-state index contributed by atoms with van der Waals surface area (Å²) >= 11 is 5.88. The monoisotopic (exact) mass is 415 g/mol. The molecule has 0 aromatic heterocycles. The van der Waals surface area contributed by atoms with E-state index < -0.39 is 17.4 Å². The van der Waals surface area contributed by atoms with Crippen LogP contribution in [0.25, 0.3) is 0 Å². The Labute approximate surface area is 172 Å². The molecular weight excluding hydrogens is 397 g/mol. The van der Waals surface area contributed by atoms with Gasteiger partial charge in [-0.05, 0) is 54.8 Å². The van der Waals surface area contributed by atoms with E-state index in [0.29, 0.717) is 36.5 Å². The predicted octanol–water partition coefficient (Wildman–Crippen LogP) is 3.21. The zero-order valence-electron chi connectivity index (χ0n) is 15.5. The fourth-order valence-corrected chi connectivity index (χ4v) is 3.92. The minimum Gasteiger partial charge on any atom is -0.338 e. The van der Waals surface area contributed by atoms with Crippen molar-refractivity contribution in [3.8, 4) is 0 Å². The van der Waals surface area contributed by atoms with Crippen molar-refractivity contribution in [2.45, 2.75) is 24.9 Å². The fraction of sp³-hybridized carbons (Fsp3) is 0.286. The Balaban J connectivity index is 1.43. The maximum absolute atomic E-state index is 13.1. The van der Waals surface area contributed by atoms with Gasteiger partial charge >= 0.3 is 6.03 Å². The second kappa shape index (κ2) is 7.48.